The van der Waals surface area contributed by atoms with Gasteiger partial charge in [0, 0.05) is 19.2 Å². The van der Waals surface area contributed by atoms with Crippen molar-refractivity contribution in [2.75, 3.05) is 29.2 Å². The van der Waals surface area contributed by atoms with E-state index in [1.54, 1.807) is 0 Å². The van der Waals surface area contributed by atoms with Crippen molar-refractivity contribution >= 4 is 17.1 Å². The Morgan fingerprint density at radius 2 is 1.92 bits per heavy atom. The topological polar surface area (TPSA) is 58.5 Å². The Kier molecular flexibility index (Phi) is 3.64. The summed E-state index contributed by atoms with van der Waals surface area (Å²) in [4.78, 5) is 4.55. The average molecular weight is 334 g/mol. The van der Waals surface area contributed by atoms with Gasteiger partial charge in [0.25, 0.3) is 0 Å². The van der Waals surface area contributed by atoms with E-state index in [0.29, 0.717) is 0 Å². The highest BCUT2D eigenvalue weighted by Crippen LogP contribution is 2.44. The Hall–Kier alpha value is -2.95. The number of aromatic nitrogens is 1. The zero-order valence-electron chi connectivity index (χ0n) is 14.8. The normalized spacial score (nSPS) is 13.4. The van der Waals surface area contributed by atoms with Crippen molar-refractivity contribution in [1.29, 1.82) is 0 Å². The van der Waals surface area contributed by atoms with Crippen molar-refractivity contribution in [3.05, 3.63) is 59.5 Å². The lowest BCUT2D eigenvalue weighted by molar-refractivity contribution is 0.393. The maximum absolute atomic E-state index is 6.41. The molecule has 0 unspecified atom stereocenters. The van der Waals surface area contributed by atoms with Gasteiger partial charge in [0.15, 0.2) is 0 Å². The average Bonchev–Trinajstić information content (AvgIpc) is 3.08. The van der Waals surface area contributed by atoms with Crippen LogP contribution in [0.15, 0.2) is 47.0 Å². The van der Waals surface area contributed by atoms with Crippen molar-refractivity contribution in [2.24, 2.45) is 0 Å². The number of nitrogen functional groups attached to an aromatic ring is 1. The van der Waals surface area contributed by atoms with Crippen LogP contribution in [0.1, 0.15) is 17.0 Å². The number of nitrogens with two attached hydrogens (primary N) is 1. The molecule has 2 heterocycles. The number of hydrogen-bond acceptors (Lipinski definition) is 5. The second-order valence-electron chi connectivity index (χ2n) is 6.66. The fourth-order valence-electron chi connectivity index (χ4n) is 3.68. The molecule has 0 fully saturated rings. The third-order valence-corrected chi connectivity index (χ3v) is 4.76. The molecule has 2 aromatic carbocycles. The van der Waals surface area contributed by atoms with E-state index in [2.05, 4.69) is 52.3 Å². The summed E-state index contributed by atoms with van der Waals surface area (Å²) in [5.41, 5.74) is 13.7. The van der Waals surface area contributed by atoms with Crippen LogP contribution in [-0.2, 0) is 6.54 Å². The first kappa shape index (κ1) is 15.6. The van der Waals surface area contributed by atoms with E-state index in [1.165, 1.54) is 5.56 Å². The molecular formula is C20H22N4O. The molecule has 0 spiro atoms. The molecule has 3 aromatic rings. The molecule has 4 rings (SSSR count). The van der Waals surface area contributed by atoms with Crippen LogP contribution in [-0.4, -0.2) is 18.9 Å². The molecule has 128 valence electrons. The second-order valence-corrected chi connectivity index (χ2v) is 6.66. The van der Waals surface area contributed by atoms with Crippen LogP contribution in [0.2, 0.25) is 0 Å². The third kappa shape index (κ3) is 2.61. The Morgan fingerprint density at radius 3 is 2.60 bits per heavy atom. The Morgan fingerprint density at radius 1 is 1.16 bits per heavy atom. The number of fused-ring (bicyclic) bond motifs is 1. The molecule has 0 amide bonds. The van der Waals surface area contributed by atoms with E-state index in [1.807, 2.05) is 26.0 Å². The lowest BCUT2D eigenvalue weighted by Gasteiger charge is -2.19. The van der Waals surface area contributed by atoms with Crippen LogP contribution in [0.5, 0.6) is 0 Å². The summed E-state index contributed by atoms with van der Waals surface area (Å²) in [7, 11) is 2.08. The van der Waals surface area contributed by atoms with Gasteiger partial charge in [-0.1, -0.05) is 35.5 Å². The van der Waals surface area contributed by atoms with Gasteiger partial charge in [0.2, 0.25) is 0 Å². The molecule has 5 nitrogen and oxygen atoms in total. The smallest absolute Gasteiger partial charge is 0.141 e. The van der Waals surface area contributed by atoms with E-state index in [4.69, 9.17) is 10.3 Å². The molecule has 25 heavy (non-hydrogen) atoms. The molecule has 0 atom stereocenters. The van der Waals surface area contributed by atoms with Crippen LogP contribution in [0.4, 0.5) is 17.1 Å². The number of hydrogen-bond donors (Lipinski definition) is 1. The zero-order chi connectivity index (χ0) is 17.6. The molecular weight excluding hydrogens is 312 g/mol. The van der Waals surface area contributed by atoms with Crippen LogP contribution in [0, 0.1) is 13.8 Å². The van der Waals surface area contributed by atoms with Gasteiger partial charge in [-0.15, -0.1) is 0 Å². The maximum Gasteiger partial charge on any atom is 0.141 e. The van der Waals surface area contributed by atoms with Gasteiger partial charge in [-0.25, -0.2) is 0 Å². The van der Waals surface area contributed by atoms with Crippen molar-refractivity contribution < 1.29 is 4.52 Å². The fraction of sp³-hybridized carbons (Fsp3) is 0.250. The largest absolute Gasteiger partial charge is 0.397 e. The summed E-state index contributed by atoms with van der Waals surface area (Å²) >= 11 is 0. The van der Waals surface area contributed by atoms with E-state index in [0.717, 1.165) is 52.9 Å². The molecule has 1 aliphatic rings. The molecule has 2 N–H and O–H groups in total. The van der Waals surface area contributed by atoms with E-state index >= 15 is 0 Å². The maximum atomic E-state index is 6.41. The Balaban J connectivity index is 1.79. The van der Waals surface area contributed by atoms with Crippen LogP contribution in [0.25, 0.3) is 11.1 Å². The standard InChI is InChI=1S/C20H22N4O/c1-13-19(14(2)25-22-13)16-9-17(21)20-18(10-16)24(12-23(20)3)11-15-7-5-4-6-8-15/h4-10H,11-12,21H2,1-3H3. The molecule has 1 aliphatic heterocycles. The second kappa shape index (κ2) is 5.84. The van der Waals surface area contributed by atoms with E-state index in [-0.39, 0.29) is 0 Å². The minimum atomic E-state index is 0.783. The molecule has 0 saturated carbocycles. The first-order valence-electron chi connectivity index (χ1n) is 8.41. The van der Waals surface area contributed by atoms with Crippen molar-refractivity contribution in [3.63, 3.8) is 0 Å². The van der Waals surface area contributed by atoms with Gasteiger partial charge in [-0.2, -0.15) is 0 Å². The lowest BCUT2D eigenvalue weighted by atomic mass is 10.0. The number of aryl methyl sites for hydroxylation is 2. The molecule has 0 saturated heterocycles. The number of nitrogens with zero attached hydrogens (tertiary/aromatic N) is 3. The highest BCUT2D eigenvalue weighted by atomic mass is 16.5. The predicted octanol–water partition coefficient (Wildman–Crippen LogP) is 3.95. The summed E-state index contributed by atoms with van der Waals surface area (Å²) in [6.07, 6.45) is 0. The Labute approximate surface area is 147 Å². The van der Waals surface area contributed by atoms with Crippen LogP contribution in [0.3, 0.4) is 0 Å². The molecule has 0 aliphatic carbocycles. The molecule has 0 radical (unpaired) electrons. The minimum Gasteiger partial charge on any atom is -0.397 e. The SMILES string of the molecule is Cc1noc(C)c1-c1cc(N)c2c(c1)N(Cc1ccccc1)CN2C. The van der Waals surface area contributed by atoms with Gasteiger partial charge in [0.1, 0.15) is 5.76 Å². The number of anilines is 3. The lowest BCUT2D eigenvalue weighted by Crippen LogP contribution is -2.27. The van der Waals surface area contributed by atoms with Crippen molar-refractivity contribution in [2.45, 2.75) is 20.4 Å². The highest BCUT2D eigenvalue weighted by Gasteiger charge is 2.27. The highest BCUT2D eigenvalue weighted by molar-refractivity contribution is 5.91. The summed E-state index contributed by atoms with van der Waals surface area (Å²) in [6.45, 7) is 5.57. The summed E-state index contributed by atoms with van der Waals surface area (Å²) in [6, 6.07) is 14.7. The number of benzene rings is 2. The van der Waals surface area contributed by atoms with E-state index < -0.39 is 0 Å². The van der Waals surface area contributed by atoms with Crippen molar-refractivity contribution in [3.8, 4) is 11.1 Å². The molecule has 0 bridgehead atoms. The van der Waals surface area contributed by atoms with Gasteiger partial charge in [-0.3, -0.25) is 0 Å². The monoisotopic (exact) mass is 334 g/mol. The number of rotatable bonds is 3. The van der Waals surface area contributed by atoms with Gasteiger partial charge < -0.3 is 20.1 Å². The molecule has 1 aromatic heterocycles. The van der Waals surface area contributed by atoms with Crippen molar-refractivity contribution in [1.82, 2.24) is 5.16 Å². The minimum absolute atomic E-state index is 0.783. The summed E-state index contributed by atoms with van der Waals surface area (Å²) in [5, 5.41) is 4.08. The van der Waals surface area contributed by atoms with Gasteiger partial charge in [-0.05, 0) is 37.1 Å². The zero-order valence-corrected chi connectivity index (χ0v) is 14.8. The van der Waals surface area contributed by atoms with E-state index in [9.17, 15) is 0 Å². The first-order valence-corrected chi connectivity index (χ1v) is 8.41. The summed E-state index contributed by atoms with van der Waals surface area (Å²) in [5.74, 6) is 0.817. The van der Waals surface area contributed by atoms with Gasteiger partial charge in [0.05, 0.1) is 29.4 Å². The van der Waals surface area contributed by atoms with Crippen LogP contribution < -0.4 is 15.5 Å². The fourth-order valence-corrected chi connectivity index (χ4v) is 3.68. The quantitative estimate of drug-likeness (QED) is 0.735. The Bertz CT molecular complexity index is 897. The molecule has 5 heteroatoms. The van der Waals surface area contributed by atoms with Crippen LogP contribution >= 0.6 is 0 Å². The van der Waals surface area contributed by atoms with Gasteiger partial charge >= 0.3 is 0 Å². The first-order chi connectivity index (χ1) is 12.0. The predicted molar refractivity (Wildman–Crippen MR) is 102 cm³/mol. The summed E-state index contributed by atoms with van der Waals surface area (Å²) < 4.78 is 5.34. The third-order valence-electron chi connectivity index (χ3n) is 4.76.